The fourth-order valence-corrected chi connectivity index (χ4v) is 6.57. The molecular formula is C25H37BrN2O6. The zero-order chi connectivity index (χ0) is 25.3. The Morgan fingerprint density at radius 2 is 2.03 bits per heavy atom. The number of carbonyl (C=O) groups excluding carboxylic acids is 3. The quantitative estimate of drug-likeness (QED) is 0.187. The molecule has 3 aliphatic rings. The lowest BCUT2D eigenvalue weighted by Gasteiger charge is -2.42. The van der Waals surface area contributed by atoms with Crippen LogP contribution in [0.25, 0.3) is 0 Å². The van der Waals surface area contributed by atoms with Gasteiger partial charge in [0.1, 0.15) is 11.6 Å². The van der Waals surface area contributed by atoms with E-state index in [4.69, 9.17) is 9.47 Å². The molecule has 6 atom stereocenters. The smallest absolute Gasteiger partial charge is 0.312 e. The summed E-state index contributed by atoms with van der Waals surface area (Å²) in [7, 11) is 0. The van der Waals surface area contributed by atoms with Crippen molar-refractivity contribution in [1.82, 2.24) is 9.80 Å². The third-order valence-corrected chi connectivity index (χ3v) is 7.88. The molecule has 3 unspecified atom stereocenters. The van der Waals surface area contributed by atoms with Gasteiger partial charge < -0.3 is 24.4 Å². The molecule has 2 amide bonds. The van der Waals surface area contributed by atoms with E-state index in [9.17, 15) is 19.5 Å². The van der Waals surface area contributed by atoms with Crippen LogP contribution in [-0.4, -0.2) is 87.1 Å². The van der Waals surface area contributed by atoms with Crippen LogP contribution in [0.15, 0.2) is 25.3 Å². The highest BCUT2D eigenvalue weighted by molar-refractivity contribution is 9.09. The van der Waals surface area contributed by atoms with E-state index in [1.54, 1.807) is 17.1 Å². The number of nitrogens with zero attached hydrogens (tertiary/aromatic N) is 2. The van der Waals surface area contributed by atoms with Gasteiger partial charge in [-0.25, -0.2) is 0 Å². The van der Waals surface area contributed by atoms with Crippen LogP contribution in [0.1, 0.15) is 46.5 Å². The molecule has 3 aliphatic heterocycles. The van der Waals surface area contributed by atoms with Gasteiger partial charge in [-0.3, -0.25) is 14.4 Å². The van der Waals surface area contributed by atoms with Gasteiger partial charge in [-0.05, 0) is 46.5 Å². The fourth-order valence-electron chi connectivity index (χ4n) is 5.63. The van der Waals surface area contributed by atoms with Crippen molar-refractivity contribution in [2.45, 2.75) is 74.6 Å². The topological polar surface area (TPSA) is 96.4 Å². The molecule has 8 nitrogen and oxygen atoms in total. The minimum atomic E-state index is -1.13. The summed E-state index contributed by atoms with van der Waals surface area (Å²) in [6.45, 7) is 13.9. The van der Waals surface area contributed by atoms with Gasteiger partial charge in [0.25, 0.3) is 0 Å². The number of hydrogen-bond donors (Lipinski definition) is 1. The van der Waals surface area contributed by atoms with Crippen molar-refractivity contribution in [3.05, 3.63) is 25.3 Å². The summed E-state index contributed by atoms with van der Waals surface area (Å²) in [6, 6.07) is -0.889. The molecule has 190 valence electrons. The number of carbonyl (C=O) groups is 3. The predicted molar refractivity (Wildman–Crippen MR) is 131 cm³/mol. The average Bonchev–Trinajstić information content (AvgIpc) is 3.35. The summed E-state index contributed by atoms with van der Waals surface area (Å²) < 4.78 is 12.0. The van der Waals surface area contributed by atoms with Gasteiger partial charge in [-0.15, -0.1) is 13.2 Å². The zero-order valence-electron chi connectivity index (χ0n) is 20.4. The first-order chi connectivity index (χ1) is 16.0. The molecule has 0 aromatic carbocycles. The number of fused-ring (bicyclic) bond motifs is 1. The maximum atomic E-state index is 14.1. The van der Waals surface area contributed by atoms with Gasteiger partial charge in [0, 0.05) is 30.1 Å². The number of allylic oxidation sites excluding steroid dienone is 1. The zero-order valence-corrected chi connectivity index (χ0v) is 22.0. The number of hydrogen-bond acceptors (Lipinski definition) is 6. The Kier molecular flexibility index (Phi) is 8.30. The van der Waals surface area contributed by atoms with Gasteiger partial charge in [0.15, 0.2) is 0 Å². The van der Waals surface area contributed by atoms with E-state index in [0.29, 0.717) is 25.8 Å². The summed E-state index contributed by atoms with van der Waals surface area (Å²) in [5, 5.41) is 9.45. The highest BCUT2D eigenvalue weighted by Gasteiger charge is 2.77. The van der Waals surface area contributed by atoms with Crippen molar-refractivity contribution in [3.63, 3.8) is 0 Å². The van der Waals surface area contributed by atoms with Crippen LogP contribution in [0.5, 0.6) is 0 Å². The molecular weight excluding hydrogens is 504 g/mol. The molecule has 3 fully saturated rings. The van der Waals surface area contributed by atoms with E-state index in [-0.39, 0.29) is 36.4 Å². The summed E-state index contributed by atoms with van der Waals surface area (Å²) >= 11 is 3.65. The number of rotatable bonds is 11. The number of likely N-dealkylation sites (tertiary alicyclic amines) is 1. The van der Waals surface area contributed by atoms with Gasteiger partial charge in [0.2, 0.25) is 11.8 Å². The van der Waals surface area contributed by atoms with Crippen molar-refractivity contribution in [2.24, 2.45) is 11.8 Å². The number of halogens is 1. The first kappa shape index (κ1) is 26.9. The number of alkyl halides is 1. The molecule has 3 rings (SSSR count). The SMILES string of the molecule is C=CCCCOC(=O)[C@H]1[C@@H]2OC3(CC2Br)C(C(=O)N(CC=C)C(C)(C)C)N(CCCO)C(=O)[C@H]13. The van der Waals surface area contributed by atoms with Crippen LogP contribution in [-0.2, 0) is 23.9 Å². The first-order valence-corrected chi connectivity index (χ1v) is 12.9. The lowest BCUT2D eigenvalue weighted by molar-refractivity contribution is -0.155. The van der Waals surface area contributed by atoms with Crippen molar-refractivity contribution in [3.8, 4) is 0 Å². The monoisotopic (exact) mass is 540 g/mol. The summed E-state index contributed by atoms with van der Waals surface area (Å²) in [5.74, 6) is -2.56. The minimum absolute atomic E-state index is 0.114. The second-order valence-electron chi connectivity index (χ2n) is 10.3. The maximum absolute atomic E-state index is 14.1. The van der Waals surface area contributed by atoms with Crippen molar-refractivity contribution < 1.29 is 29.0 Å². The van der Waals surface area contributed by atoms with E-state index in [2.05, 4.69) is 29.1 Å². The molecule has 3 saturated heterocycles. The summed E-state index contributed by atoms with van der Waals surface area (Å²) in [6.07, 6.45) is 5.02. The number of amides is 2. The summed E-state index contributed by atoms with van der Waals surface area (Å²) in [5.41, 5.74) is -1.64. The molecule has 0 aromatic heterocycles. The molecule has 0 aliphatic carbocycles. The van der Waals surface area contributed by atoms with E-state index in [1.165, 1.54) is 4.90 Å². The Morgan fingerprint density at radius 1 is 1.32 bits per heavy atom. The third kappa shape index (κ3) is 4.58. The fraction of sp³-hybridized carbons (Fsp3) is 0.720. The van der Waals surface area contributed by atoms with Gasteiger partial charge in [-0.1, -0.05) is 28.1 Å². The molecule has 1 N–H and O–H groups in total. The van der Waals surface area contributed by atoms with E-state index in [0.717, 1.165) is 6.42 Å². The van der Waals surface area contributed by atoms with Crippen LogP contribution >= 0.6 is 15.9 Å². The average molecular weight is 541 g/mol. The highest BCUT2D eigenvalue weighted by Crippen LogP contribution is 2.60. The Morgan fingerprint density at radius 3 is 2.62 bits per heavy atom. The van der Waals surface area contributed by atoms with Gasteiger partial charge in [-0.2, -0.15) is 0 Å². The van der Waals surface area contributed by atoms with Crippen LogP contribution in [0, 0.1) is 11.8 Å². The molecule has 34 heavy (non-hydrogen) atoms. The number of aliphatic hydroxyl groups is 1. The Hall–Kier alpha value is -1.71. The first-order valence-electron chi connectivity index (χ1n) is 12.0. The van der Waals surface area contributed by atoms with Crippen molar-refractivity contribution in [2.75, 3.05) is 26.3 Å². The number of aliphatic hydroxyl groups excluding tert-OH is 1. The minimum Gasteiger partial charge on any atom is -0.465 e. The van der Waals surface area contributed by atoms with Gasteiger partial charge >= 0.3 is 5.97 Å². The van der Waals surface area contributed by atoms with E-state index in [1.807, 2.05) is 20.8 Å². The highest BCUT2D eigenvalue weighted by atomic mass is 79.9. The normalized spacial score (nSPS) is 32.0. The van der Waals surface area contributed by atoms with Crippen LogP contribution < -0.4 is 0 Å². The second kappa shape index (κ2) is 10.5. The molecule has 0 aromatic rings. The van der Waals surface area contributed by atoms with Crippen LogP contribution in [0.2, 0.25) is 0 Å². The van der Waals surface area contributed by atoms with Gasteiger partial charge in [0.05, 0.1) is 24.5 Å². The standard InChI is InChI=1S/C25H37BrN2O6/c1-6-8-9-14-33-23(32)17-18-21(30)27(12-10-13-29)20(25(18)15-16(26)19(17)34-25)22(31)28(11-7-2)24(3,4)5/h6-7,16-20,29H,1-2,8-15H2,3-5H3/t16?,17-,18+,19-,20?,25?/m1/s1. The molecule has 9 heteroatoms. The maximum Gasteiger partial charge on any atom is 0.312 e. The second-order valence-corrected chi connectivity index (χ2v) is 11.5. The predicted octanol–water partition coefficient (Wildman–Crippen LogP) is 2.44. The molecule has 1 spiro atoms. The molecule has 0 saturated carbocycles. The van der Waals surface area contributed by atoms with Crippen molar-refractivity contribution >= 4 is 33.7 Å². The van der Waals surface area contributed by atoms with E-state index >= 15 is 0 Å². The number of esters is 1. The lowest BCUT2D eigenvalue weighted by Crippen LogP contribution is -2.60. The van der Waals surface area contributed by atoms with Crippen LogP contribution in [0.3, 0.4) is 0 Å². The Bertz CT molecular complexity index is 827. The van der Waals surface area contributed by atoms with E-state index < -0.39 is 41.1 Å². The number of ether oxygens (including phenoxy) is 2. The van der Waals surface area contributed by atoms with Crippen LogP contribution in [0.4, 0.5) is 0 Å². The Labute approximate surface area is 210 Å². The largest absolute Gasteiger partial charge is 0.465 e. The molecule has 0 radical (unpaired) electrons. The number of unbranched alkanes of at least 4 members (excludes halogenated alkanes) is 1. The Balaban J connectivity index is 1.99. The molecule has 3 heterocycles. The molecule has 2 bridgehead atoms. The third-order valence-electron chi connectivity index (χ3n) is 7.04. The lowest BCUT2D eigenvalue weighted by atomic mass is 9.70. The van der Waals surface area contributed by atoms with Crippen molar-refractivity contribution in [1.29, 1.82) is 0 Å². The summed E-state index contributed by atoms with van der Waals surface area (Å²) in [4.78, 5) is 44.0.